The molecule has 3 N–H and O–H groups in total. The van der Waals surface area contributed by atoms with E-state index in [0.717, 1.165) is 24.3 Å². The molecule has 2 amide bonds. The van der Waals surface area contributed by atoms with Crippen molar-refractivity contribution < 1.29 is 42.2 Å². The summed E-state index contributed by atoms with van der Waals surface area (Å²) in [5, 5.41) is 14.2. The number of halogens is 3. The number of hydrogen-bond donors (Lipinski definition) is 3. The largest absolute Gasteiger partial charge is 0.490 e. The number of alkyl halides is 3. The fourth-order valence-electron chi connectivity index (χ4n) is 3.80. The highest BCUT2D eigenvalue weighted by atomic mass is 19.4. The molecule has 8 nitrogen and oxygen atoms in total. The molecule has 192 valence electrons. The second-order valence-corrected chi connectivity index (χ2v) is 8.37. The van der Waals surface area contributed by atoms with Crippen molar-refractivity contribution >= 4 is 23.6 Å². The first-order valence-corrected chi connectivity index (χ1v) is 11.3. The number of hydrogen-bond acceptors (Lipinski definition) is 5. The van der Waals surface area contributed by atoms with E-state index in [9.17, 15) is 32.3 Å². The lowest BCUT2D eigenvalue weighted by Crippen LogP contribution is -2.34. The Hall–Kier alpha value is -3.89. The van der Waals surface area contributed by atoms with E-state index in [-0.39, 0.29) is 36.6 Å². The molecule has 11 heteroatoms. The van der Waals surface area contributed by atoms with E-state index >= 15 is 0 Å². The maximum Gasteiger partial charge on any atom is 0.454 e. The van der Waals surface area contributed by atoms with Gasteiger partial charge >= 0.3 is 12.1 Å². The SMILES string of the molecule is O=C(NCCNC(=O)c1ccc(C(=O)C(F)(F)F)cc1)c1ccc(O[C@H]2CC[C@@H](C(=O)O)CC2)cc1. The molecule has 0 heterocycles. The first-order chi connectivity index (χ1) is 17.0. The van der Waals surface area contributed by atoms with E-state index in [1.54, 1.807) is 24.3 Å². The number of carboxylic acids is 1. The molecule has 0 saturated heterocycles. The number of aliphatic carboxylic acids is 1. The van der Waals surface area contributed by atoms with Crippen LogP contribution in [-0.2, 0) is 4.79 Å². The average Bonchev–Trinajstić information content (AvgIpc) is 2.86. The van der Waals surface area contributed by atoms with Gasteiger partial charge in [-0.3, -0.25) is 19.2 Å². The molecular weight excluding hydrogens is 481 g/mol. The van der Waals surface area contributed by atoms with Crippen LogP contribution in [0.2, 0.25) is 0 Å². The first kappa shape index (κ1) is 26.7. The fraction of sp³-hybridized carbons (Fsp3) is 0.360. The summed E-state index contributed by atoms with van der Waals surface area (Å²) in [7, 11) is 0. The molecule has 2 aromatic carbocycles. The third-order valence-corrected chi connectivity index (χ3v) is 5.81. The number of nitrogens with one attached hydrogen (secondary N) is 2. The number of rotatable bonds is 9. The molecule has 1 aliphatic carbocycles. The number of carboxylic acid groups (broad SMARTS) is 1. The normalized spacial score (nSPS) is 17.6. The zero-order chi connectivity index (χ0) is 26.3. The van der Waals surface area contributed by atoms with E-state index in [4.69, 9.17) is 9.84 Å². The van der Waals surface area contributed by atoms with Crippen LogP contribution >= 0.6 is 0 Å². The van der Waals surface area contributed by atoms with Crippen LogP contribution in [0.3, 0.4) is 0 Å². The molecule has 0 bridgehead atoms. The third-order valence-electron chi connectivity index (χ3n) is 5.81. The molecule has 1 fully saturated rings. The summed E-state index contributed by atoms with van der Waals surface area (Å²) in [6, 6.07) is 10.6. The van der Waals surface area contributed by atoms with Crippen LogP contribution in [-0.4, -0.2) is 54.0 Å². The van der Waals surface area contributed by atoms with E-state index < -0.39 is 29.4 Å². The molecule has 0 aliphatic heterocycles. The smallest absolute Gasteiger partial charge is 0.454 e. The topological polar surface area (TPSA) is 122 Å². The van der Waals surface area contributed by atoms with Crippen molar-refractivity contribution in [3.05, 3.63) is 65.2 Å². The van der Waals surface area contributed by atoms with E-state index in [2.05, 4.69) is 10.6 Å². The standard InChI is InChI=1S/C25H25F3N2O6/c26-25(27,28)21(31)15-1-3-16(4-2-15)22(32)29-13-14-30-23(33)17-5-9-19(10-6-17)36-20-11-7-18(8-12-20)24(34)35/h1-6,9-10,18,20H,7-8,11-14H2,(H,29,32)(H,30,33)(H,34,35)/t18-,20+. The minimum atomic E-state index is -4.99. The van der Waals surface area contributed by atoms with Gasteiger partial charge in [0.2, 0.25) is 0 Å². The maximum absolute atomic E-state index is 12.5. The second-order valence-electron chi connectivity index (χ2n) is 8.37. The van der Waals surface area contributed by atoms with Crippen LogP contribution in [0.4, 0.5) is 13.2 Å². The lowest BCUT2D eigenvalue weighted by atomic mass is 9.87. The minimum absolute atomic E-state index is 0.0646. The van der Waals surface area contributed by atoms with Gasteiger partial charge in [0.15, 0.2) is 0 Å². The molecule has 2 aromatic rings. The van der Waals surface area contributed by atoms with Crippen molar-refractivity contribution in [2.45, 2.75) is 38.0 Å². The molecule has 3 rings (SSSR count). The zero-order valence-electron chi connectivity index (χ0n) is 19.1. The predicted molar refractivity (Wildman–Crippen MR) is 122 cm³/mol. The monoisotopic (exact) mass is 506 g/mol. The summed E-state index contributed by atoms with van der Waals surface area (Å²) in [5.74, 6) is -3.43. The molecule has 0 aromatic heterocycles. The molecule has 0 atom stereocenters. The number of benzene rings is 2. The van der Waals surface area contributed by atoms with Crippen LogP contribution in [0.1, 0.15) is 56.8 Å². The lowest BCUT2D eigenvalue weighted by molar-refractivity contribution is -0.143. The molecule has 0 unspecified atom stereocenters. The van der Waals surface area contributed by atoms with Crippen molar-refractivity contribution in [2.75, 3.05) is 13.1 Å². The van der Waals surface area contributed by atoms with Crippen molar-refractivity contribution in [3.8, 4) is 5.75 Å². The predicted octanol–water partition coefficient (Wildman–Crippen LogP) is 3.61. The number of amides is 2. The number of Topliss-reactive ketones (excluding diaryl/α,β-unsaturated/α-hetero) is 1. The Kier molecular flexibility index (Phi) is 8.68. The minimum Gasteiger partial charge on any atom is -0.490 e. The van der Waals surface area contributed by atoms with Crippen molar-refractivity contribution in [1.29, 1.82) is 0 Å². The van der Waals surface area contributed by atoms with Gasteiger partial charge in [0, 0.05) is 29.8 Å². The molecule has 36 heavy (non-hydrogen) atoms. The molecule has 0 radical (unpaired) electrons. The lowest BCUT2D eigenvalue weighted by Gasteiger charge is -2.26. The Balaban J connectivity index is 1.39. The number of carbonyl (C=O) groups is 4. The number of ether oxygens (including phenoxy) is 1. The van der Waals surface area contributed by atoms with Crippen LogP contribution in [0, 0.1) is 5.92 Å². The highest BCUT2D eigenvalue weighted by Gasteiger charge is 2.39. The van der Waals surface area contributed by atoms with Crippen molar-refractivity contribution in [1.82, 2.24) is 10.6 Å². The summed E-state index contributed by atoms with van der Waals surface area (Å²) in [6.45, 7) is 0.189. The number of carbonyl (C=O) groups excluding carboxylic acids is 3. The number of ketones is 1. The zero-order valence-corrected chi connectivity index (χ0v) is 19.1. The van der Waals surface area contributed by atoms with E-state index in [0.29, 0.717) is 37.0 Å². The van der Waals surface area contributed by atoms with Gasteiger partial charge in [-0.25, -0.2) is 0 Å². The van der Waals surface area contributed by atoms with Gasteiger partial charge in [-0.1, -0.05) is 12.1 Å². The van der Waals surface area contributed by atoms with E-state index in [1.807, 2.05) is 0 Å². The Morgan fingerprint density at radius 3 is 1.67 bits per heavy atom. The van der Waals surface area contributed by atoms with Gasteiger partial charge in [-0.05, 0) is 62.1 Å². The molecule has 1 aliphatic rings. The van der Waals surface area contributed by atoms with E-state index in [1.165, 1.54) is 0 Å². The highest BCUT2D eigenvalue weighted by Crippen LogP contribution is 2.28. The maximum atomic E-state index is 12.5. The Morgan fingerprint density at radius 2 is 1.22 bits per heavy atom. The first-order valence-electron chi connectivity index (χ1n) is 11.3. The Bertz CT molecular complexity index is 1090. The Morgan fingerprint density at radius 1 is 0.778 bits per heavy atom. The summed E-state index contributed by atoms with van der Waals surface area (Å²) < 4.78 is 43.2. The third kappa shape index (κ3) is 7.30. The van der Waals surface area contributed by atoms with Crippen molar-refractivity contribution in [2.24, 2.45) is 5.92 Å². The quantitative estimate of drug-likeness (QED) is 0.353. The average molecular weight is 506 g/mol. The molecule has 1 saturated carbocycles. The summed E-state index contributed by atoms with van der Waals surface area (Å²) in [4.78, 5) is 46.6. The second kappa shape index (κ2) is 11.7. The van der Waals surface area contributed by atoms with Gasteiger partial charge < -0.3 is 20.5 Å². The molecule has 0 spiro atoms. The highest BCUT2D eigenvalue weighted by molar-refractivity contribution is 6.01. The van der Waals surface area contributed by atoms with Crippen molar-refractivity contribution in [3.63, 3.8) is 0 Å². The summed E-state index contributed by atoms with van der Waals surface area (Å²) >= 11 is 0. The van der Waals surface area contributed by atoms with Crippen LogP contribution in [0.25, 0.3) is 0 Å². The van der Waals surface area contributed by atoms with Gasteiger partial charge in [0.05, 0.1) is 12.0 Å². The van der Waals surface area contributed by atoms with Gasteiger partial charge in [0.25, 0.3) is 17.6 Å². The van der Waals surface area contributed by atoms with Crippen LogP contribution < -0.4 is 15.4 Å². The van der Waals surface area contributed by atoms with Gasteiger partial charge in [-0.15, -0.1) is 0 Å². The summed E-state index contributed by atoms with van der Waals surface area (Å²) in [6.07, 6.45) is -2.61. The van der Waals surface area contributed by atoms with Crippen LogP contribution in [0.15, 0.2) is 48.5 Å². The van der Waals surface area contributed by atoms with Gasteiger partial charge in [-0.2, -0.15) is 13.2 Å². The Labute approximate surface area is 204 Å². The summed E-state index contributed by atoms with van der Waals surface area (Å²) in [5.41, 5.74) is -0.103. The van der Waals surface area contributed by atoms with Crippen LogP contribution in [0.5, 0.6) is 5.75 Å². The fourth-order valence-corrected chi connectivity index (χ4v) is 3.80. The molecular formula is C25H25F3N2O6. The van der Waals surface area contributed by atoms with Gasteiger partial charge in [0.1, 0.15) is 5.75 Å².